The van der Waals surface area contributed by atoms with Crippen molar-refractivity contribution in [1.82, 2.24) is 9.97 Å². The number of aromatic amines is 1. The van der Waals surface area contributed by atoms with Crippen molar-refractivity contribution >= 4 is 11.6 Å². The molecular formula is C10H9ClN2. The molecule has 3 heteroatoms. The second-order valence-corrected chi connectivity index (χ2v) is 3.28. The smallest absolute Gasteiger partial charge is 0.110 e. The number of nitrogens with one attached hydrogen (secondary N) is 1. The highest BCUT2D eigenvalue weighted by atomic mass is 35.5. The van der Waals surface area contributed by atoms with Gasteiger partial charge in [-0.2, -0.15) is 0 Å². The fraction of sp³-hybridized carbons (Fsp3) is 0.100. The van der Waals surface area contributed by atoms with E-state index in [0.717, 1.165) is 17.3 Å². The lowest BCUT2D eigenvalue weighted by atomic mass is 10.1. The first-order valence-corrected chi connectivity index (χ1v) is 4.45. The van der Waals surface area contributed by atoms with Crippen LogP contribution in [-0.2, 0) is 6.42 Å². The summed E-state index contributed by atoms with van der Waals surface area (Å²) in [4.78, 5) is 7.20. The maximum absolute atomic E-state index is 5.77. The highest BCUT2D eigenvalue weighted by molar-refractivity contribution is 6.30. The van der Waals surface area contributed by atoms with Crippen molar-refractivity contribution in [2.75, 3.05) is 0 Å². The minimum Gasteiger partial charge on any atom is -0.348 e. The molecule has 0 spiro atoms. The zero-order chi connectivity index (χ0) is 9.10. The first kappa shape index (κ1) is 8.32. The van der Waals surface area contributed by atoms with Crippen LogP contribution < -0.4 is 0 Å². The number of nitrogens with zero attached hydrogens (tertiary/aromatic N) is 1. The molecule has 0 aliphatic rings. The van der Waals surface area contributed by atoms with Crippen molar-refractivity contribution in [3.8, 4) is 0 Å². The van der Waals surface area contributed by atoms with E-state index in [1.54, 1.807) is 6.20 Å². The van der Waals surface area contributed by atoms with Gasteiger partial charge in [-0.3, -0.25) is 0 Å². The highest BCUT2D eigenvalue weighted by Gasteiger charge is 1.96. The summed E-state index contributed by atoms with van der Waals surface area (Å²) >= 11 is 5.77. The van der Waals surface area contributed by atoms with Gasteiger partial charge in [-0.25, -0.2) is 4.98 Å². The Bertz CT molecular complexity index is 364. The number of hydrogen-bond acceptors (Lipinski definition) is 1. The maximum Gasteiger partial charge on any atom is 0.110 e. The number of hydrogen-bond donors (Lipinski definition) is 1. The zero-order valence-corrected chi connectivity index (χ0v) is 7.75. The quantitative estimate of drug-likeness (QED) is 0.779. The van der Waals surface area contributed by atoms with Crippen LogP contribution in [0.3, 0.4) is 0 Å². The van der Waals surface area contributed by atoms with Gasteiger partial charge in [-0.1, -0.05) is 23.7 Å². The van der Waals surface area contributed by atoms with E-state index >= 15 is 0 Å². The third-order valence-electron chi connectivity index (χ3n) is 1.84. The third kappa shape index (κ3) is 2.10. The van der Waals surface area contributed by atoms with Gasteiger partial charge >= 0.3 is 0 Å². The first-order chi connectivity index (χ1) is 6.34. The predicted octanol–water partition coefficient (Wildman–Crippen LogP) is 2.65. The van der Waals surface area contributed by atoms with Crippen LogP contribution in [0.1, 0.15) is 11.4 Å². The van der Waals surface area contributed by atoms with Gasteiger partial charge in [0.25, 0.3) is 0 Å². The van der Waals surface area contributed by atoms with Crippen LogP contribution in [0, 0.1) is 0 Å². The Labute approximate surface area is 81.6 Å². The number of H-pyrrole nitrogens is 1. The molecule has 1 heterocycles. The van der Waals surface area contributed by atoms with Gasteiger partial charge in [0.1, 0.15) is 5.82 Å². The molecule has 1 aromatic heterocycles. The van der Waals surface area contributed by atoms with Gasteiger partial charge < -0.3 is 4.98 Å². The average molecular weight is 193 g/mol. The molecule has 1 N–H and O–H groups in total. The Morgan fingerprint density at radius 3 is 2.62 bits per heavy atom. The van der Waals surface area contributed by atoms with E-state index in [1.807, 2.05) is 30.5 Å². The van der Waals surface area contributed by atoms with Crippen molar-refractivity contribution in [1.29, 1.82) is 0 Å². The molecule has 0 amide bonds. The summed E-state index contributed by atoms with van der Waals surface area (Å²) < 4.78 is 0. The van der Waals surface area contributed by atoms with E-state index in [2.05, 4.69) is 9.97 Å². The highest BCUT2D eigenvalue weighted by Crippen LogP contribution is 2.11. The van der Waals surface area contributed by atoms with Crippen LogP contribution in [-0.4, -0.2) is 9.97 Å². The summed E-state index contributed by atoms with van der Waals surface area (Å²) in [5.41, 5.74) is 1.21. The normalized spacial score (nSPS) is 10.2. The van der Waals surface area contributed by atoms with Gasteiger partial charge in [-0.15, -0.1) is 0 Å². The largest absolute Gasteiger partial charge is 0.348 e. The Kier molecular flexibility index (Phi) is 2.32. The topological polar surface area (TPSA) is 28.7 Å². The lowest BCUT2D eigenvalue weighted by Gasteiger charge is -1.97. The maximum atomic E-state index is 5.77. The van der Waals surface area contributed by atoms with Gasteiger partial charge in [0.15, 0.2) is 0 Å². The number of benzene rings is 1. The molecule has 0 bridgehead atoms. The summed E-state index contributed by atoms with van der Waals surface area (Å²) in [7, 11) is 0. The fourth-order valence-corrected chi connectivity index (χ4v) is 1.32. The van der Waals surface area contributed by atoms with E-state index < -0.39 is 0 Å². The summed E-state index contributed by atoms with van der Waals surface area (Å²) in [5.74, 6) is 0.974. The molecule has 2 aromatic rings. The van der Waals surface area contributed by atoms with Crippen LogP contribution in [0.25, 0.3) is 0 Å². The van der Waals surface area contributed by atoms with E-state index in [4.69, 9.17) is 11.6 Å². The minimum atomic E-state index is 0.767. The molecular weight excluding hydrogens is 184 g/mol. The van der Waals surface area contributed by atoms with Crippen molar-refractivity contribution in [3.63, 3.8) is 0 Å². The summed E-state index contributed by atoms with van der Waals surface area (Å²) in [5, 5.41) is 0.767. The summed E-state index contributed by atoms with van der Waals surface area (Å²) in [6.45, 7) is 0. The molecule has 0 unspecified atom stereocenters. The predicted molar refractivity (Wildman–Crippen MR) is 52.8 cm³/mol. The Balaban J connectivity index is 2.15. The van der Waals surface area contributed by atoms with Crippen LogP contribution in [0.2, 0.25) is 5.02 Å². The standard InChI is InChI=1S/C10H9ClN2/c11-9-3-1-8(2-4-9)7-10-12-5-6-13-10/h1-6H,7H2,(H,12,13). The molecule has 0 saturated heterocycles. The third-order valence-corrected chi connectivity index (χ3v) is 2.09. The Morgan fingerprint density at radius 1 is 1.23 bits per heavy atom. The van der Waals surface area contributed by atoms with E-state index in [0.29, 0.717) is 0 Å². The minimum absolute atomic E-state index is 0.767. The van der Waals surface area contributed by atoms with Crippen molar-refractivity contribution < 1.29 is 0 Å². The molecule has 66 valence electrons. The average Bonchev–Trinajstić information content (AvgIpc) is 2.62. The number of aromatic nitrogens is 2. The molecule has 13 heavy (non-hydrogen) atoms. The molecule has 0 radical (unpaired) electrons. The van der Waals surface area contributed by atoms with Crippen LogP contribution in [0.5, 0.6) is 0 Å². The van der Waals surface area contributed by atoms with Crippen LogP contribution in [0.4, 0.5) is 0 Å². The molecule has 0 saturated carbocycles. The molecule has 0 aliphatic carbocycles. The molecule has 0 fully saturated rings. The van der Waals surface area contributed by atoms with Gasteiger partial charge in [0.2, 0.25) is 0 Å². The fourth-order valence-electron chi connectivity index (χ4n) is 1.19. The van der Waals surface area contributed by atoms with E-state index in [9.17, 15) is 0 Å². The van der Waals surface area contributed by atoms with Gasteiger partial charge in [0.05, 0.1) is 0 Å². The van der Waals surface area contributed by atoms with Crippen molar-refractivity contribution in [2.45, 2.75) is 6.42 Å². The van der Waals surface area contributed by atoms with E-state index in [1.165, 1.54) is 5.56 Å². The summed E-state index contributed by atoms with van der Waals surface area (Å²) in [6.07, 6.45) is 4.40. The number of imidazole rings is 1. The Morgan fingerprint density at radius 2 is 2.00 bits per heavy atom. The van der Waals surface area contributed by atoms with Gasteiger partial charge in [0, 0.05) is 23.8 Å². The second-order valence-electron chi connectivity index (χ2n) is 2.84. The Hall–Kier alpha value is -1.28. The summed E-state index contributed by atoms with van der Waals surface area (Å²) in [6, 6.07) is 7.79. The monoisotopic (exact) mass is 192 g/mol. The van der Waals surface area contributed by atoms with Crippen LogP contribution >= 0.6 is 11.6 Å². The molecule has 2 rings (SSSR count). The first-order valence-electron chi connectivity index (χ1n) is 4.07. The van der Waals surface area contributed by atoms with E-state index in [-0.39, 0.29) is 0 Å². The number of rotatable bonds is 2. The van der Waals surface area contributed by atoms with Crippen molar-refractivity contribution in [2.24, 2.45) is 0 Å². The lowest BCUT2D eigenvalue weighted by molar-refractivity contribution is 1.03. The molecule has 1 aromatic carbocycles. The second kappa shape index (κ2) is 3.62. The molecule has 0 atom stereocenters. The van der Waals surface area contributed by atoms with Crippen LogP contribution in [0.15, 0.2) is 36.7 Å². The molecule has 2 nitrogen and oxygen atoms in total. The van der Waals surface area contributed by atoms with Gasteiger partial charge in [-0.05, 0) is 17.7 Å². The lowest BCUT2D eigenvalue weighted by Crippen LogP contribution is -1.89. The van der Waals surface area contributed by atoms with Crippen molar-refractivity contribution in [3.05, 3.63) is 53.1 Å². The number of halogens is 1. The zero-order valence-electron chi connectivity index (χ0n) is 7.00. The molecule has 0 aliphatic heterocycles. The SMILES string of the molecule is Clc1ccc(Cc2ncc[nH]2)cc1.